The average molecular weight is 446 g/mol. The van der Waals surface area contributed by atoms with Crippen molar-refractivity contribution < 1.29 is 23.1 Å². The van der Waals surface area contributed by atoms with E-state index in [9.17, 15) is 13.2 Å². The summed E-state index contributed by atoms with van der Waals surface area (Å²) in [5.74, 6) is -0.450. The van der Waals surface area contributed by atoms with Crippen LogP contribution in [-0.4, -0.2) is 30.9 Å². The predicted molar refractivity (Wildman–Crippen MR) is 114 cm³/mol. The summed E-state index contributed by atoms with van der Waals surface area (Å²) in [4.78, 5) is 11.1. The van der Waals surface area contributed by atoms with Gasteiger partial charge in [0.1, 0.15) is 5.75 Å². The fourth-order valence-corrected chi connectivity index (χ4v) is 4.50. The van der Waals surface area contributed by atoms with Crippen molar-refractivity contribution in [3.05, 3.63) is 94.5 Å². The number of hydrogen-bond acceptors (Lipinski definition) is 4. The Kier molecular flexibility index (Phi) is 6.77. The van der Waals surface area contributed by atoms with Crippen molar-refractivity contribution in [1.29, 1.82) is 0 Å². The summed E-state index contributed by atoms with van der Waals surface area (Å²) in [6.07, 6.45) is 0. The Balaban J connectivity index is 1.97. The van der Waals surface area contributed by atoms with Gasteiger partial charge in [0.05, 0.1) is 17.6 Å². The van der Waals surface area contributed by atoms with Crippen molar-refractivity contribution >= 4 is 27.6 Å². The Hall–Kier alpha value is -2.87. The molecule has 0 aliphatic carbocycles. The number of hydrogen-bond donors (Lipinski definition) is 1. The zero-order valence-corrected chi connectivity index (χ0v) is 17.7. The molecule has 0 fully saturated rings. The lowest BCUT2D eigenvalue weighted by Crippen LogP contribution is -2.30. The third-order valence-electron chi connectivity index (χ3n) is 4.56. The van der Waals surface area contributed by atoms with Crippen LogP contribution in [0.3, 0.4) is 0 Å². The van der Waals surface area contributed by atoms with Gasteiger partial charge in [-0.15, -0.1) is 0 Å². The van der Waals surface area contributed by atoms with E-state index in [0.29, 0.717) is 16.3 Å². The zero-order valence-electron chi connectivity index (χ0n) is 16.2. The van der Waals surface area contributed by atoms with Gasteiger partial charge in [-0.1, -0.05) is 41.9 Å². The number of rotatable bonds is 8. The first-order chi connectivity index (χ1) is 14.3. The van der Waals surface area contributed by atoms with Gasteiger partial charge >= 0.3 is 5.97 Å². The van der Waals surface area contributed by atoms with Gasteiger partial charge in [-0.2, -0.15) is 4.31 Å². The van der Waals surface area contributed by atoms with Crippen molar-refractivity contribution in [3.8, 4) is 5.75 Å². The van der Waals surface area contributed by atoms with E-state index >= 15 is 0 Å². The monoisotopic (exact) mass is 445 g/mol. The highest BCUT2D eigenvalue weighted by Gasteiger charge is 2.26. The quantitative estimate of drug-likeness (QED) is 0.554. The molecular weight excluding hydrogens is 426 g/mol. The number of carbonyl (C=O) groups is 1. The first kappa shape index (κ1) is 21.8. The molecule has 0 unspecified atom stereocenters. The van der Waals surface area contributed by atoms with E-state index in [0.717, 1.165) is 5.56 Å². The van der Waals surface area contributed by atoms with Crippen LogP contribution in [0.2, 0.25) is 5.02 Å². The third kappa shape index (κ3) is 4.99. The molecule has 0 amide bonds. The molecule has 30 heavy (non-hydrogen) atoms. The first-order valence-corrected chi connectivity index (χ1v) is 10.8. The highest BCUT2D eigenvalue weighted by molar-refractivity contribution is 7.89. The van der Waals surface area contributed by atoms with Crippen molar-refractivity contribution in [1.82, 2.24) is 4.31 Å². The van der Waals surface area contributed by atoms with Crippen molar-refractivity contribution in [2.75, 3.05) is 7.11 Å². The van der Waals surface area contributed by atoms with E-state index in [1.807, 2.05) is 0 Å². The molecule has 3 aromatic carbocycles. The molecule has 156 valence electrons. The Morgan fingerprint density at radius 3 is 2.17 bits per heavy atom. The van der Waals surface area contributed by atoms with Gasteiger partial charge in [0.15, 0.2) is 0 Å². The smallest absolute Gasteiger partial charge is 0.335 e. The molecular formula is C22H20ClNO5S. The normalized spacial score (nSPS) is 11.4. The van der Waals surface area contributed by atoms with Crippen LogP contribution in [0.4, 0.5) is 0 Å². The standard InChI is InChI=1S/C22H20ClNO5S/c1-29-19-10-6-16(7-11-19)14-24(15-18-4-2-3-5-21(18)23)30(27,28)20-12-8-17(9-13-20)22(25)26/h2-13H,14-15H2,1H3,(H,25,26). The highest BCUT2D eigenvalue weighted by Crippen LogP contribution is 2.25. The van der Waals surface area contributed by atoms with E-state index in [2.05, 4.69) is 0 Å². The van der Waals surface area contributed by atoms with Gasteiger partial charge in [-0.25, -0.2) is 13.2 Å². The molecule has 0 aliphatic rings. The minimum absolute atomic E-state index is 0.00747. The van der Waals surface area contributed by atoms with Crippen LogP contribution in [0, 0.1) is 0 Å². The fourth-order valence-electron chi connectivity index (χ4n) is 2.90. The molecule has 0 bridgehead atoms. The van der Waals surface area contributed by atoms with E-state index in [4.69, 9.17) is 21.4 Å². The number of carboxylic acids is 1. The molecule has 8 heteroatoms. The van der Waals surface area contributed by atoms with Gasteiger partial charge in [0, 0.05) is 18.1 Å². The summed E-state index contributed by atoms with van der Waals surface area (Å²) in [5, 5.41) is 9.53. The molecule has 0 aliphatic heterocycles. The number of benzene rings is 3. The molecule has 0 saturated carbocycles. The number of halogens is 1. The van der Waals surface area contributed by atoms with Crippen molar-refractivity contribution in [3.63, 3.8) is 0 Å². The van der Waals surface area contributed by atoms with Crippen LogP contribution < -0.4 is 4.74 Å². The van der Waals surface area contributed by atoms with Gasteiger partial charge in [0.25, 0.3) is 0 Å². The number of ether oxygens (including phenoxy) is 1. The number of methoxy groups -OCH3 is 1. The van der Waals surface area contributed by atoms with E-state index in [-0.39, 0.29) is 23.5 Å². The lowest BCUT2D eigenvalue weighted by atomic mass is 10.2. The average Bonchev–Trinajstić information content (AvgIpc) is 2.75. The first-order valence-electron chi connectivity index (χ1n) is 9.01. The zero-order chi connectivity index (χ0) is 21.7. The maximum absolute atomic E-state index is 13.4. The molecule has 0 aromatic heterocycles. The summed E-state index contributed by atoms with van der Waals surface area (Å²) < 4.78 is 33.2. The number of nitrogens with zero attached hydrogens (tertiary/aromatic N) is 1. The molecule has 3 aromatic rings. The van der Waals surface area contributed by atoms with E-state index < -0.39 is 16.0 Å². The lowest BCUT2D eigenvalue weighted by Gasteiger charge is -2.23. The largest absolute Gasteiger partial charge is 0.497 e. The number of sulfonamides is 1. The second kappa shape index (κ2) is 9.30. The summed E-state index contributed by atoms with van der Waals surface area (Å²) in [6.45, 7) is 0.174. The minimum Gasteiger partial charge on any atom is -0.497 e. The van der Waals surface area contributed by atoms with Gasteiger partial charge < -0.3 is 9.84 Å². The second-order valence-electron chi connectivity index (χ2n) is 6.54. The van der Waals surface area contributed by atoms with Gasteiger partial charge in [-0.3, -0.25) is 0 Å². The van der Waals surface area contributed by atoms with Crippen LogP contribution in [0.5, 0.6) is 5.75 Å². The molecule has 0 saturated heterocycles. The predicted octanol–water partition coefficient (Wildman–Crippen LogP) is 4.44. The van der Waals surface area contributed by atoms with Crippen LogP contribution in [0.1, 0.15) is 21.5 Å². The Bertz CT molecular complexity index is 1130. The maximum Gasteiger partial charge on any atom is 0.335 e. The van der Waals surface area contributed by atoms with Crippen LogP contribution in [0.25, 0.3) is 0 Å². The second-order valence-corrected chi connectivity index (χ2v) is 8.89. The molecule has 0 spiro atoms. The molecule has 0 heterocycles. The molecule has 3 rings (SSSR count). The van der Waals surface area contributed by atoms with Gasteiger partial charge in [-0.05, 0) is 53.6 Å². The SMILES string of the molecule is COc1ccc(CN(Cc2ccccc2Cl)S(=O)(=O)c2ccc(C(=O)O)cc2)cc1. The summed E-state index contributed by atoms with van der Waals surface area (Å²) >= 11 is 6.26. The van der Waals surface area contributed by atoms with Crippen LogP contribution in [-0.2, 0) is 23.1 Å². The van der Waals surface area contributed by atoms with Gasteiger partial charge in [0.2, 0.25) is 10.0 Å². The molecule has 0 atom stereocenters. The maximum atomic E-state index is 13.4. The molecule has 6 nitrogen and oxygen atoms in total. The third-order valence-corrected chi connectivity index (χ3v) is 6.74. The summed E-state index contributed by atoms with van der Waals surface area (Å²) in [7, 11) is -2.36. The molecule has 0 radical (unpaired) electrons. The van der Waals surface area contributed by atoms with Crippen molar-refractivity contribution in [2.45, 2.75) is 18.0 Å². The number of aromatic carboxylic acids is 1. The highest BCUT2D eigenvalue weighted by atomic mass is 35.5. The topological polar surface area (TPSA) is 83.9 Å². The summed E-state index contributed by atoms with van der Waals surface area (Å²) in [6, 6.07) is 19.3. The number of carboxylic acid groups (broad SMARTS) is 1. The van der Waals surface area contributed by atoms with Crippen LogP contribution in [0.15, 0.2) is 77.7 Å². The Morgan fingerprint density at radius 1 is 0.967 bits per heavy atom. The minimum atomic E-state index is -3.92. The van der Waals surface area contributed by atoms with Crippen molar-refractivity contribution in [2.24, 2.45) is 0 Å². The Morgan fingerprint density at radius 2 is 1.60 bits per heavy atom. The lowest BCUT2D eigenvalue weighted by molar-refractivity contribution is 0.0696. The van der Waals surface area contributed by atoms with E-state index in [1.165, 1.54) is 28.6 Å². The fraction of sp³-hybridized carbons (Fsp3) is 0.136. The molecule has 1 N–H and O–H groups in total. The van der Waals surface area contributed by atoms with E-state index in [1.54, 1.807) is 55.6 Å². The van der Waals surface area contributed by atoms with Crippen LogP contribution >= 0.6 is 11.6 Å². The Labute approximate surface area is 180 Å². The summed E-state index contributed by atoms with van der Waals surface area (Å²) in [5.41, 5.74) is 1.45.